The smallest absolute Gasteiger partial charge is 0.258 e. The molecule has 4 nitrogen and oxygen atoms in total. The Morgan fingerprint density at radius 2 is 2.29 bits per heavy atom. The summed E-state index contributed by atoms with van der Waals surface area (Å²) in [5.41, 5.74) is 0.406. The molecule has 0 aliphatic carbocycles. The molecule has 5 heteroatoms. The van der Waals surface area contributed by atoms with E-state index in [2.05, 4.69) is 13.8 Å². The molecule has 1 rings (SSSR count). The van der Waals surface area contributed by atoms with Gasteiger partial charge in [0.15, 0.2) is 0 Å². The highest BCUT2D eigenvalue weighted by Gasteiger charge is 2.20. The maximum atomic E-state index is 12.2. The number of ether oxygens (including phenoxy) is 1. The van der Waals surface area contributed by atoms with Gasteiger partial charge in [-0.15, -0.1) is 0 Å². The van der Waals surface area contributed by atoms with Crippen molar-refractivity contribution < 1.29 is 13.9 Å². The molecular weight excluding hydrogens is 242 g/mol. The molecule has 0 atom stereocenters. The van der Waals surface area contributed by atoms with Gasteiger partial charge in [0.05, 0.1) is 18.4 Å². The molecule has 1 heterocycles. The van der Waals surface area contributed by atoms with Crippen molar-refractivity contribution in [2.75, 3.05) is 26.8 Å². The lowest BCUT2D eigenvalue weighted by molar-refractivity contribution is 0.0672. The van der Waals surface area contributed by atoms with Crippen LogP contribution in [0.25, 0.3) is 0 Å². The summed E-state index contributed by atoms with van der Waals surface area (Å²) in [5.74, 6) is 0.274. The summed E-state index contributed by atoms with van der Waals surface area (Å²) >= 11 is 5.80. The van der Waals surface area contributed by atoms with Crippen molar-refractivity contribution in [3.8, 4) is 0 Å². The average molecular weight is 260 g/mol. The van der Waals surface area contributed by atoms with Crippen LogP contribution in [0.3, 0.4) is 0 Å². The van der Waals surface area contributed by atoms with Crippen molar-refractivity contribution in [2.45, 2.75) is 13.8 Å². The van der Waals surface area contributed by atoms with Crippen LogP contribution < -0.4 is 0 Å². The van der Waals surface area contributed by atoms with E-state index in [-0.39, 0.29) is 11.1 Å². The molecule has 0 aliphatic heterocycles. The van der Waals surface area contributed by atoms with Gasteiger partial charge in [-0.1, -0.05) is 13.8 Å². The van der Waals surface area contributed by atoms with E-state index in [0.717, 1.165) is 0 Å². The zero-order chi connectivity index (χ0) is 12.8. The van der Waals surface area contributed by atoms with E-state index in [1.54, 1.807) is 18.1 Å². The summed E-state index contributed by atoms with van der Waals surface area (Å²) in [5, 5.41) is 0.140. The summed E-state index contributed by atoms with van der Waals surface area (Å²) in [6.45, 7) is 5.85. The van der Waals surface area contributed by atoms with Gasteiger partial charge in [-0.05, 0) is 23.6 Å². The first-order chi connectivity index (χ1) is 8.06. The largest absolute Gasteiger partial charge is 0.452 e. The first-order valence-corrected chi connectivity index (χ1v) is 5.95. The molecule has 0 bridgehead atoms. The number of amides is 1. The number of hydrogen-bond acceptors (Lipinski definition) is 3. The van der Waals surface area contributed by atoms with Crippen LogP contribution in [-0.2, 0) is 4.74 Å². The number of rotatable bonds is 6. The van der Waals surface area contributed by atoms with E-state index in [0.29, 0.717) is 31.2 Å². The van der Waals surface area contributed by atoms with Crippen LogP contribution in [0.5, 0.6) is 0 Å². The van der Waals surface area contributed by atoms with Crippen LogP contribution in [0, 0.1) is 5.92 Å². The molecule has 96 valence electrons. The zero-order valence-electron chi connectivity index (χ0n) is 10.4. The SMILES string of the molecule is COCCN(CC(C)C)C(=O)c1ccoc1Cl. The van der Waals surface area contributed by atoms with Crippen LogP contribution in [0.4, 0.5) is 0 Å². The summed E-state index contributed by atoms with van der Waals surface area (Å²) in [6, 6.07) is 1.59. The monoisotopic (exact) mass is 259 g/mol. The highest BCUT2D eigenvalue weighted by atomic mass is 35.5. The Balaban J connectivity index is 2.75. The minimum Gasteiger partial charge on any atom is -0.452 e. The Morgan fingerprint density at radius 3 is 2.76 bits per heavy atom. The fourth-order valence-electron chi connectivity index (χ4n) is 1.53. The molecule has 0 radical (unpaired) electrons. The lowest BCUT2D eigenvalue weighted by atomic mass is 10.2. The standard InChI is InChI=1S/C12H18ClNO3/c1-9(2)8-14(5-7-16-3)12(15)10-4-6-17-11(10)13/h4,6,9H,5,7-8H2,1-3H3. The van der Waals surface area contributed by atoms with Crippen molar-refractivity contribution in [1.82, 2.24) is 4.90 Å². The predicted octanol–water partition coefficient (Wildman–Crippen LogP) is 2.68. The van der Waals surface area contributed by atoms with Gasteiger partial charge in [-0.2, -0.15) is 0 Å². The zero-order valence-corrected chi connectivity index (χ0v) is 11.2. The molecule has 0 unspecified atom stereocenters. The molecule has 0 aliphatic rings. The van der Waals surface area contributed by atoms with E-state index in [9.17, 15) is 4.79 Å². The van der Waals surface area contributed by atoms with Gasteiger partial charge in [0.2, 0.25) is 5.22 Å². The molecule has 0 saturated carbocycles. The fourth-order valence-corrected chi connectivity index (χ4v) is 1.73. The van der Waals surface area contributed by atoms with E-state index >= 15 is 0 Å². The van der Waals surface area contributed by atoms with Gasteiger partial charge in [-0.3, -0.25) is 4.79 Å². The highest BCUT2D eigenvalue weighted by molar-refractivity contribution is 6.32. The fraction of sp³-hybridized carbons (Fsp3) is 0.583. The number of methoxy groups -OCH3 is 1. The van der Waals surface area contributed by atoms with Crippen LogP contribution in [-0.4, -0.2) is 37.6 Å². The van der Waals surface area contributed by atoms with Gasteiger partial charge in [0.1, 0.15) is 0 Å². The number of nitrogens with zero attached hydrogens (tertiary/aromatic N) is 1. The van der Waals surface area contributed by atoms with E-state index < -0.39 is 0 Å². The van der Waals surface area contributed by atoms with Crippen LogP contribution in [0.2, 0.25) is 5.22 Å². The topological polar surface area (TPSA) is 42.7 Å². The molecule has 17 heavy (non-hydrogen) atoms. The Labute approximate surface area is 106 Å². The molecule has 1 aromatic rings. The maximum Gasteiger partial charge on any atom is 0.258 e. The van der Waals surface area contributed by atoms with Crippen molar-refractivity contribution in [3.05, 3.63) is 23.1 Å². The van der Waals surface area contributed by atoms with E-state index in [1.807, 2.05) is 0 Å². The lowest BCUT2D eigenvalue weighted by Gasteiger charge is -2.23. The van der Waals surface area contributed by atoms with Crippen molar-refractivity contribution in [2.24, 2.45) is 5.92 Å². The normalized spacial score (nSPS) is 10.9. The number of furan rings is 1. The molecule has 1 amide bonds. The second-order valence-electron chi connectivity index (χ2n) is 4.25. The Kier molecular flexibility index (Phi) is 5.51. The Bertz CT molecular complexity index is 362. The lowest BCUT2D eigenvalue weighted by Crippen LogP contribution is -2.36. The van der Waals surface area contributed by atoms with Crippen molar-refractivity contribution in [1.29, 1.82) is 0 Å². The second kappa shape index (κ2) is 6.67. The number of carbonyl (C=O) groups excluding carboxylic acids is 1. The molecule has 0 N–H and O–H groups in total. The molecule has 0 fully saturated rings. The summed E-state index contributed by atoms with van der Waals surface area (Å²) in [7, 11) is 1.61. The second-order valence-corrected chi connectivity index (χ2v) is 4.59. The van der Waals surface area contributed by atoms with Crippen LogP contribution in [0.1, 0.15) is 24.2 Å². The minimum absolute atomic E-state index is 0.116. The molecule has 0 saturated heterocycles. The molecule has 1 aromatic heterocycles. The Hall–Kier alpha value is -1.00. The molecule has 0 spiro atoms. The van der Waals surface area contributed by atoms with E-state index in [4.69, 9.17) is 20.8 Å². The van der Waals surface area contributed by atoms with Gasteiger partial charge in [-0.25, -0.2) is 0 Å². The number of hydrogen-bond donors (Lipinski definition) is 0. The average Bonchev–Trinajstić information content (AvgIpc) is 2.69. The van der Waals surface area contributed by atoms with Gasteiger partial charge in [0, 0.05) is 20.2 Å². The number of carbonyl (C=O) groups is 1. The third-order valence-corrected chi connectivity index (χ3v) is 2.58. The minimum atomic E-state index is -0.116. The van der Waals surface area contributed by atoms with Crippen molar-refractivity contribution in [3.63, 3.8) is 0 Å². The quantitative estimate of drug-likeness (QED) is 0.789. The first-order valence-electron chi connectivity index (χ1n) is 5.57. The van der Waals surface area contributed by atoms with Gasteiger partial charge >= 0.3 is 0 Å². The van der Waals surface area contributed by atoms with Crippen LogP contribution >= 0.6 is 11.6 Å². The van der Waals surface area contributed by atoms with Gasteiger partial charge in [0.25, 0.3) is 5.91 Å². The van der Waals surface area contributed by atoms with E-state index in [1.165, 1.54) is 6.26 Å². The van der Waals surface area contributed by atoms with Crippen molar-refractivity contribution >= 4 is 17.5 Å². The molecule has 0 aromatic carbocycles. The number of halogens is 1. The predicted molar refractivity (Wildman–Crippen MR) is 66.3 cm³/mol. The van der Waals surface area contributed by atoms with Crippen LogP contribution in [0.15, 0.2) is 16.7 Å². The summed E-state index contributed by atoms with van der Waals surface area (Å²) < 4.78 is 9.93. The third-order valence-electron chi connectivity index (χ3n) is 2.29. The summed E-state index contributed by atoms with van der Waals surface area (Å²) in [6.07, 6.45) is 1.42. The first kappa shape index (κ1) is 14.1. The Morgan fingerprint density at radius 1 is 1.59 bits per heavy atom. The highest BCUT2D eigenvalue weighted by Crippen LogP contribution is 2.19. The molecular formula is C12H18ClNO3. The van der Waals surface area contributed by atoms with Gasteiger partial charge < -0.3 is 14.1 Å². The summed E-state index contributed by atoms with van der Waals surface area (Å²) in [4.78, 5) is 13.9. The third kappa shape index (κ3) is 4.06. The maximum absolute atomic E-state index is 12.2.